The lowest BCUT2D eigenvalue weighted by Crippen LogP contribution is -2.49. The minimum absolute atomic E-state index is 0.0926. The minimum Gasteiger partial charge on any atom is -0.481 e. The van der Waals surface area contributed by atoms with Gasteiger partial charge in [-0.1, -0.05) is 30.5 Å². The number of carboxylic acid groups (broad SMARTS) is 1. The lowest BCUT2D eigenvalue weighted by atomic mass is 10.1. The van der Waals surface area contributed by atoms with Crippen molar-refractivity contribution in [2.24, 2.45) is 0 Å². The number of nitrogens with zero attached hydrogens (tertiary/aromatic N) is 2. The molecule has 2 rings (SSSR count). The van der Waals surface area contributed by atoms with Crippen molar-refractivity contribution >= 4 is 21.9 Å². The zero-order chi connectivity index (χ0) is 22.0. The molecule has 0 spiro atoms. The van der Waals surface area contributed by atoms with Crippen LogP contribution >= 0.6 is 0 Å². The van der Waals surface area contributed by atoms with Crippen LogP contribution in [-0.2, 0) is 26.2 Å². The molecule has 0 radical (unpaired) electrons. The number of hydrogen-bond acceptors (Lipinski definition) is 5. The topological polar surface area (TPSA) is 130 Å². The van der Waals surface area contributed by atoms with E-state index in [2.05, 4.69) is 15.0 Å². The predicted octanol–water partition coefficient (Wildman–Crippen LogP) is 1.69. The zero-order valence-corrected chi connectivity index (χ0v) is 17.8. The summed E-state index contributed by atoms with van der Waals surface area (Å²) in [6, 6.07) is 5.40. The van der Waals surface area contributed by atoms with Crippen molar-refractivity contribution in [2.45, 2.75) is 56.5 Å². The number of rotatable bonds is 13. The minimum atomic E-state index is -3.88. The maximum atomic E-state index is 12.7. The number of amides is 1. The Morgan fingerprint density at radius 1 is 1.13 bits per heavy atom. The number of unbranched alkanes of at least 4 members (excludes halogenated alkanes) is 3. The van der Waals surface area contributed by atoms with Gasteiger partial charge < -0.3 is 15.0 Å². The van der Waals surface area contributed by atoms with Gasteiger partial charge in [-0.2, -0.15) is 4.72 Å². The molecule has 1 unspecified atom stereocenters. The third-order valence-electron chi connectivity index (χ3n) is 4.51. The first-order chi connectivity index (χ1) is 14.3. The smallest absolute Gasteiger partial charge is 0.303 e. The van der Waals surface area contributed by atoms with E-state index in [1.165, 1.54) is 18.5 Å². The second kappa shape index (κ2) is 11.5. The molecule has 1 heterocycles. The summed E-state index contributed by atoms with van der Waals surface area (Å²) >= 11 is 0. The van der Waals surface area contributed by atoms with Crippen LogP contribution in [0.25, 0.3) is 0 Å². The highest BCUT2D eigenvalue weighted by Crippen LogP contribution is 2.11. The Morgan fingerprint density at radius 3 is 2.47 bits per heavy atom. The standard InChI is InChI=1S/C20H28N4O5S/c1-16-7-9-17(10-8-16)30(28,29)23-18(14-24-13-12-21-15-24)20(27)22-11-5-3-2-4-6-19(25)26/h7-10,12-13,15,18,23H,2-6,11,14H2,1H3,(H,22,27)(H,25,26). The Morgan fingerprint density at radius 2 is 1.83 bits per heavy atom. The number of aryl methyl sites for hydroxylation is 1. The molecule has 0 bridgehead atoms. The molecule has 164 valence electrons. The quantitative estimate of drug-likeness (QED) is 0.410. The molecule has 1 aromatic heterocycles. The predicted molar refractivity (Wildman–Crippen MR) is 111 cm³/mol. The van der Waals surface area contributed by atoms with Crippen molar-refractivity contribution in [3.8, 4) is 0 Å². The molecule has 0 aliphatic rings. The van der Waals surface area contributed by atoms with E-state index in [1.807, 2.05) is 6.92 Å². The van der Waals surface area contributed by atoms with Gasteiger partial charge in [-0.3, -0.25) is 9.59 Å². The van der Waals surface area contributed by atoms with E-state index in [0.29, 0.717) is 19.4 Å². The fourth-order valence-corrected chi connectivity index (χ4v) is 4.03. The van der Waals surface area contributed by atoms with Gasteiger partial charge in [0.25, 0.3) is 0 Å². The maximum absolute atomic E-state index is 12.7. The molecule has 1 atom stereocenters. The van der Waals surface area contributed by atoms with Crippen molar-refractivity contribution in [1.29, 1.82) is 0 Å². The van der Waals surface area contributed by atoms with E-state index in [0.717, 1.165) is 18.4 Å². The average molecular weight is 437 g/mol. The lowest BCUT2D eigenvalue weighted by molar-refractivity contribution is -0.137. The van der Waals surface area contributed by atoms with Crippen LogP contribution in [0.15, 0.2) is 47.9 Å². The molecule has 1 aromatic carbocycles. The number of benzene rings is 1. The summed E-state index contributed by atoms with van der Waals surface area (Å²) in [5.74, 6) is -1.24. The molecule has 2 aromatic rings. The van der Waals surface area contributed by atoms with Crippen LogP contribution in [0.4, 0.5) is 0 Å². The summed E-state index contributed by atoms with van der Waals surface area (Å²) in [7, 11) is -3.88. The summed E-state index contributed by atoms with van der Waals surface area (Å²) in [4.78, 5) is 27.2. The van der Waals surface area contributed by atoms with Crippen LogP contribution in [0.1, 0.15) is 37.7 Å². The molecule has 9 nitrogen and oxygen atoms in total. The highest BCUT2D eigenvalue weighted by Gasteiger charge is 2.26. The monoisotopic (exact) mass is 436 g/mol. The lowest BCUT2D eigenvalue weighted by Gasteiger charge is -2.19. The number of sulfonamides is 1. The second-order valence-corrected chi connectivity index (χ2v) is 8.81. The van der Waals surface area contributed by atoms with Gasteiger partial charge in [0.1, 0.15) is 6.04 Å². The van der Waals surface area contributed by atoms with Crippen molar-refractivity contribution in [1.82, 2.24) is 19.6 Å². The SMILES string of the molecule is Cc1ccc(S(=O)(=O)NC(Cn2ccnc2)C(=O)NCCCCCCC(=O)O)cc1. The number of nitrogens with one attached hydrogen (secondary N) is 2. The van der Waals surface area contributed by atoms with Crippen LogP contribution in [-0.4, -0.2) is 47.5 Å². The molecule has 0 fully saturated rings. The molecular weight excluding hydrogens is 408 g/mol. The number of carbonyl (C=O) groups is 2. The molecule has 0 aliphatic carbocycles. The first kappa shape index (κ1) is 23.6. The van der Waals surface area contributed by atoms with Crippen LogP contribution < -0.4 is 10.0 Å². The summed E-state index contributed by atoms with van der Waals surface area (Å²) < 4.78 is 29.6. The summed E-state index contributed by atoms with van der Waals surface area (Å²) in [5, 5.41) is 11.4. The number of carbonyl (C=O) groups excluding carboxylic acids is 1. The Bertz CT molecular complexity index is 911. The van der Waals surface area contributed by atoms with Crippen LogP contribution in [0, 0.1) is 6.92 Å². The van der Waals surface area contributed by atoms with Gasteiger partial charge in [0, 0.05) is 31.9 Å². The van der Waals surface area contributed by atoms with Gasteiger partial charge in [-0.15, -0.1) is 0 Å². The van der Waals surface area contributed by atoms with E-state index in [9.17, 15) is 18.0 Å². The fraction of sp³-hybridized carbons (Fsp3) is 0.450. The average Bonchev–Trinajstić information content (AvgIpc) is 3.19. The normalized spacial score (nSPS) is 12.4. The Kier molecular flexibility index (Phi) is 9.00. The zero-order valence-electron chi connectivity index (χ0n) is 17.0. The van der Waals surface area contributed by atoms with Gasteiger partial charge in [-0.25, -0.2) is 13.4 Å². The largest absolute Gasteiger partial charge is 0.481 e. The molecule has 30 heavy (non-hydrogen) atoms. The molecule has 0 saturated carbocycles. The summed E-state index contributed by atoms with van der Waals surface area (Å²) in [6.07, 6.45) is 7.71. The number of carboxylic acids is 1. The van der Waals surface area contributed by atoms with E-state index in [4.69, 9.17) is 5.11 Å². The highest BCUT2D eigenvalue weighted by atomic mass is 32.2. The van der Waals surface area contributed by atoms with E-state index in [1.54, 1.807) is 29.1 Å². The van der Waals surface area contributed by atoms with E-state index in [-0.39, 0.29) is 17.9 Å². The fourth-order valence-electron chi connectivity index (χ4n) is 2.84. The molecule has 3 N–H and O–H groups in total. The third kappa shape index (κ3) is 7.96. The molecule has 0 saturated heterocycles. The van der Waals surface area contributed by atoms with Crippen LogP contribution in [0.3, 0.4) is 0 Å². The van der Waals surface area contributed by atoms with Crippen molar-refractivity contribution in [3.63, 3.8) is 0 Å². The van der Waals surface area contributed by atoms with Gasteiger partial charge in [-0.05, 0) is 31.9 Å². The van der Waals surface area contributed by atoms with Crippen molar-refractivity contribution in [2.75, 3.05) is 6.54 Å². The van der Waals surface area contributed by atoms with Gasteiger partial charge >= 0.3 is 5.97 Å². The molecular formula is C20H28N4O5S. The first-order valence-electron chi connectivity index (χ1n) is 9.82. The third-order valence-corrected chi connectivity index (χ3v) is 6.00. The highest BCUT2D eigenvalue weighted by molar-refractivity contribution is 7.89. The number of imidazole rings is 1. The van der Waals surface area contributed by atoms with Crippen molar-refractivity contribution < 1.29 is 23.1 Å². The van der Waals surface area contributed by atoms with E-state index < -0.39 is 27.9 Å². The molecule has 10 heteroatoms. The molecule has 0 aliphatic heterocycles. The van der Waals surface area contributed by atoms with Gasteiger partial charge in [0.05, 0.1) is 11.2 Å². The Hall–Kier alpha value is -2.72. The second-order valence-electron chi connectivity index (χ2n) is 7.10. The number of aliphatic carboxylic acids is 1. The summed E-state index contributed by atoms with van der Waals surface area (Å²) in [6.45, 7) is 2.36. The Balaban J connectivity index is 1.94. The van der Waals surface area contributed by atoms with E-state index >= 15 is 0 Å². The first-order valence-corrected chi connectivity index (χ1v) is 11.3. The van der Waals surface area contributed by atoms with Crippen LogP contribution in [0.5, 0.6) is 0 Å². The number of aromatic nitrogens is 2. The Labute approximate surface area is 176 Å². The number of hydrogen-bond donors (Lipinski definition) is 3. The summed E-state index contributed by atoms with van der Waals surface area (Å²) in [5.41, 5.74) is 0.935. The maximum Gasteiger partial charge on any atom is 0.303 e. The van der Waals surface area contributed by atoms with Gasteiger partial charge in [0.2, 0.25) is 15.9 Å². The van der Waals surface area contributed by atoms with Gasteiger partial charge in [0.15, 0.2) is 0 Å². The van der Waals surface area contributed by atoms with Crippen LogP contribution in [0.2, 0.25) is 0 Å². The van der Waals surface area contributed by atoms with Crippen molar-refractivity contribution in [3.05, 3.63) is 48.5 Å². The molecule has 1 amide bonds.